The van der Waals surface area contributed by atoms with Gasteiger partial charge in [-0.25, -0.2) is 0 Å². The van der Waals surface area contributed by atoms with Crippen molar-refractivity contribution in [1.82, 2.24) is 10.6 Å². The van der Waals surface area contributed by atoms with E-state index in [1.165, 1.54) is 12.8 Å². The van der Waals surface area contributed by atoms with Gasteiger partial charge in [0.2, 0.25) is 5.91 Å². The number of carbonyl (C=O) groups excluding carboxylic acids is 1. The van der Waals surface area contributed by atoms with Crippen LogP contribution in [0.3, 0.4) is 0 Å². The molecule has 2 aliphatic rings. The molecule has 100 valence electrons. The molecule has 2 unspecified atom stereocenters. The van der Waals surface area contributed by atoms with Crippen LogP contribution in [0.15, 0.2) is 0 Å². The van der Waals surface area contributed by atoms with Gasteiger partial charge >= 0.3 is 0 Å². The zero-order valence-electron chi connectivity index (χ0n) is 10.9. The summed E-state index contributed by atoms with van der Waals surface area (Å²) in [4.78, 5) is 12.2. The molecule has 2 fully saturated rings. The van der Waals surface area contributed by atoms with Crippen LogP contribution >= 0.6 is 12.4 Å². The van der Waals surface area contributed by atoms with Gasteiger partial charge in [-0.15, -0.1) is 12.4 Å². The highest BCUT2D eigenvalue weighted by molar-refractivity contribution is 5.85. The summed E-state index contributed by atoms with van der Waals surface area (Å²) in [5.41, 5.74) is -0.0788. The lowest BCUT2D eigenvalue weighted by molar-refractivity contribution is -0.131. The van der Waals surface area contributed by atoms with Crippen molar-refractivity contribution < 1.29 is 4.79 Å². The number of carbonyl (C=O) groups is 1. The van der Waals surface area contributed by atoms with Crippen LogP contribution in [0.4, 0.5) is 0 Å². The zero-order chi connectivity index (χ0) is 11.6. The first-order chi connectivity index (χ1) is 7.62. The molecule has 0 radical (unpaired) electrons. The first kappa shape index (κ1) is 14.8. The molecular weight excluding hydrogens is 236 g/mol. The Morgan fingerprint density at radius 1 is 1.35 bits per heavy atom. The van der Waals surface area contributed by atoms with Gasteiger partial charge in [0.1, 0.15) is 0 Å². The molecule has 1 aliphatic heterocycles. The summed E-state index contributed by atoms with van der Waals surface area (Å²) < 4.78 is 0. The molecule has 1 aliphatic carbocycles. The van der Waals surface area contributed by atoms with Crippen molar-refractivity contribution in [3.63, 3.8) is 0 Å². The molecule has 17 heavy (non-hydrogen) atoms. The Hall–Kier alpha value is -0.280. The van der Waals surface area contributed by atoms with Crippen molar-refractivity contribution in [2.75, 3.05) is 13.1 Å². The fraction of sp³-hybridized carbons (Fsp3) is 0.923. The Labute approximate surface area is 111 Å². The lowest BCUT2D eigenvalue weighted by atomic mass is 9.86. The molecule has 0 aromatic carbocycles. The van der Waals surface area contributed by atoms with Gasteiger partial charge in [0.15, 0.2) is 0 Å². The van der Waals surface area contributed by atoms with Crippen LogP contribution < -0.4 is 10.6 Å². The number of amides is 1. The van der Waals surface area contributed by atoms with Crippen LogP contribution in [0.1, 0.15) is 46.0 Å². The summed E-state index contributed by atoms with van der Waals surface area (Å²) in [5, 5.41) is 6.64. The number of nitrogens with one attached hydrogen (secondary N) is 2. The third kappa shape index (κ3) is 3.35. The second kappa shape index (κ2) is 6.05. The summed E-state index contributed by atoms with van der Waals surface area (Å²) in [6, 6.07) is 0.381. The average Bonchev–Trinajstić information content (AvgIpc) is 2.70. The molecule has 2 atom stereocenters. The van der Waals surface area contributed by atoms with Gasteiger partial charge in [0.25, 0.3) is 0 Å². The first-order valence-electron chi connectivity index (χ1n) is 6.63. The molecule has 0 aromatic heterocycles. The minimum atomic E-state index is -0.0788. The van der Waals surface area contributed by atoms with Crippen molar-refractivity contribution in [3.8, 4) is 0 Å². The molecule has 2 rings (SSSR count). The highest BCUT2D eigenvalue weighted by Gasteiger charge is 2.37. The smallest absolute Gasteiger partial charge is 0.226 e. The van der Waals surface area contributed by atoms with E-state index in [-0.39, 0.29) is 17.8 Å². The second-order valence-electron chi connectivity index (χ2n) is 5.82. The average molecular weight is 261 g/mol. The number of rotatable bonds is 2. The van der Waals surface area contributed by atoms with Crippen molar-refractivity contribution in [1.29, 1.82) is 0 Å². The van der Waals surface area contributed by atoms with Gasteiger partial charge in [0.05, 0.1) is 0 Å². The molecule has 0 spiro atoms. The Kier molecular flexibility index (Phi) is 5.26. The first-order valence-corrected chi connectivity index (χ1v) is 6.63. The standard InChI is InChI=1S/C13H24N2O.ClH/c1-10-9-14-8-5-11(10)15-12(16)13(2)6-3-4-7-13;/h10-11,14H,3-9H2,1-2H3,(H,15,16);1H. The van der Waals surface area contributed by atoms with Gasteiger partial charge in [-0.05, 0) is 38.3 Å². The molecule has 0 aromatic rings. The third-order valence-electron chi connectivity index (χ3n) is 4.36. The van der Waals surface area contributed by atoms with Crippen LogP contribution in [0.2, 0.25) is 0 Å². The topological polar surface area (TPSA) is 41.1 Å². The van der Waals surface area contributed by atoms with E-state index in [2.05, 4.69) is 24.5 Å². The van der Waals surface area contributed by atoms with E-state index in [1.54, 1.807) is 0 Å². The number of hydrogen-bond donors (Lipinski definition) is 2. The van der Waals surface area contributed by atoms with Gasteiger partial charge in [0, 0.05) is 11.5 Å². The lowest BCUT2D eigenvalue weighted by Crippen LogP contribution is -2.51. The minimum absolute atomic E-state index is 0. The minimum Gasteiger partial charge on any atom is -0.353 e. The van der Waals surface area contributed by atoms with Crippen LogP contribution in [-0.4, -0.2) is 25.0 Å². The summed E-state index contributed by atoms with van der Waals surface area (Å²) in [6.07, 6.45) is 5.64. The Morgan fingerprint density at radius 2 is 2.00 bits per heavy atom. The number of halogens is 1. The maximum atomic E-state index is 12.2. The van der Waals surface area contributed by atoms with E-state index in [9.17, 15) is 4.79 Å². The number of piperidine rings is 1. The Morgan fingerprint density at radius 3 is 2.59 bits per heavy atom. The Bertz CT molecular complexity index is 264. The van der Waals surface area contributed by atoms with Gasteiger partial charge < -0.3 is 10.6 Å². The number of hydrogen-bond acceptors (Lipinski definition) is 2. The molecule has 3 nitrogen and oxygen atoms in total. The summed E-state index contributed by atoms with van der Waals surface area (Å²) in [7, 11) is 0. The van der Waals surface area contributed by atoms with Gasteiger partial charge in [-0.1, -0.05) is 26.7 Å². The van der Waals surface area contributed by atoms with E-state index < -0.39 is 0 Å². The van der Waals surface area contributed by atoms with E-state index in [4.69, 9.17) is 0 Å². The highest BCUT2D eigenvalue weighted by Crippen LogP contribution is 2.37. The summed E-state index contributed by atoms with van der Waals surface area (Å²) >= 11 is 0. The van der Waals surface area contributed by atoms with Crippen molar-refractivity contribution >= 4 is 18.3 Å². The van der Waals surface area contributed by atoms with E-state index >= 15 is 0 Å². The predicted octanol–water partition coefficient (Wildman–Crippen LogP) is 2.10. The molecule has 1 heterocycles. The molecular formula is C13H25ClN2O. The summed E-state index contributed by atoms with van der Waals surface area (Å²) in [5.74, 6) is 0.853. The van der Waals surface area contributed by atoms with Crippen LogP contribution in [0, 0.1) is 11.3 Å². The quantitative estimate of drug-likeness (QED) is 0.799. The van der Waals surface area contributed by atoms with E-state index in [0.29, 0.717) is 17.9 Å². The van der Waals surface area contributed by atoms with Crippen molar-refractivity contribution in [2.24, 2.45) is 11.3 Å². The van der Waals surface area contributed by atoms with Gasteiger partial charge in [-0.2, -0.15) is 0 Å². The van der Waals surface area contributed by atoms with Crippen LogP contribution in [-0.2, 0) is 4.79 Å². The normalized spacial score (nSPS) is 31.6. The van der Waals surface area contributed by atoms with Crippen LogP contribution in [0.25, 0.3) is 0 Å². The van der Waals surface area contributed by atoms with Crippen molar-refractivity contribution in [2.45, 2.75) is 52.0 Å². The molecule has 1 saturated carbocycles. The monoisotopic (exact) mass is 260 g/mol. The molecule has 0 bridgehead atoms. The fourth-order valence-electron chi connectivity index (χ4n) is 2.95. The highest BCUT2D eigenvalue weighted by atomic mass is 35.5. The van der Waals surface area contributed by atoms with Crippen molar-refractivity contribution in [3.05, 3.63) is 0 Å². The van der Waals surface area contributed by atoms with Gasteiger partial charge in [-0.3, -0.25) is 4.79 Å². The fourth-order valence-corrected chi connectivity index (χ4v) is 2.95. The van der Waals surface area contributed by atoms with E-state index in [0.717, 1.165) is 32.4 Å². The predicted molar refractivity (Wildman–Crippen MR) is 72.4 cm³/mol. The molecule has 1 saturated heterocycles. The Balaban J connectivity index is 0.00000144. The molecule has 1 amide bonds. The molecule has 4 heteroatoms. The van der Waals surface area contributed by atoms with E-state index in [1.807, 2.05) is 0 Å². The maximum absolute atomic E-state index is 12.2. The summed E-state index contributed by atoms with van der Waals surface area (Å²) in [6.45, 7) is 6.41. The zero-order valence-corrected chi connectivity index (χ0v) is 11.7. The third-order valence-corrected chi connectivity index (χ3v) is 4.36. The van der Waals surface area contributed by atoms with Crippen LogP contribution in [0.5, 0.6) is 0 Å². The SMILES string of the molecule is CC1CNCCC1NC(=O)C1(C)CCCC1.Cl. The maximum Gasteiger partial charge on any atom is 0.226 e. The molecule has 2 N–H and O–H groups in total. The largest absolute Gasteiger partial charge is 0.353 e. The second-order valence-corrected chi connectivity index (χ2v) is 5.82. The lowest BCUT2D eigenvalue weighted by Gasteiger charge is -2.33.